The predicted molar refractivity (Wildman–Crippen MR) is 257 cm³/mol. The summed E-state index contributed by atoms with van der Waals surface area (Å²) in [7, 11) is 0. The standard InChI is InChI=1S/C56H33N3S/c1-3-14-37(15-4-1)57(38-16-5-2-6-17-38)39-18-9-19-40(32-39)58-46-22-10-20-42-43-21-11-23-47-54(43)56-49(28-25-34-24-27-48(58)55(52(34)56)53(42)46)59(47)41-26-29-50-45(33-41)44-30-35-12-7-8-13-36(35)31-51(44)60-50/h1-33H. The average molecular weight is 780 g/mol. The Morgan fingerprint density at radius 3 is 1.50 bits per heavy atom. The van der Waals surface area contributed by atoms with Gasteiger partial charge in [-0.05, 0) is 124 Å². The second-order valence-electron chi connectivity index (χ2n) is 16.1. The lowest BCUT2D eigenvalue weighted by Crippen LogP contribution is -2.10. The zero-order valence-electron chi connectivity index (χ0n) is 32.3. The molecule has 0 fully saturated rings. The second-order valence-corrected chi connectivity index (χ2v) is 17.2. The number of fused-ring (bicyclic) bond motifs is 5. The molecule has 3 nitrogen and oxygen atoms in total. The molecule has 1 aliphatic carbocycles. The molecule has 0 aliphatic heterocycles. The van der Waals surface area contributed by atoms with E-state index in [1.807, 2.05) is 11.3 Å². The molecule has 0 amide bonds. The molecule has 3 aromatic heterocycles. The van der Waals surface area contributed by atoms with Gasteiger partial charge in [0.2, 0.25) is 0 Å². The van der Waals surface area contributed by atoms with Gasteiger partial charge in [0.1, 0.15) is 0 Å². The van der Waals surface area contributed by atoms with Crippen molar-refractivity contribution in [1.82, 2.24) is 9.13 Å². The van der Waals surface area contributed by atoms with Crippen LogP contribution in [0.15, 0.2) is 200 Å². The lowest BCUT2D eigenvalue weighted by atomic mass is 9.98. The molecule has 1 aliphatic rings. The maximum absolute atomic E-state index is 2.52. The summed E-state index contributed by atoms with van der Waals surface area (Å²) >= 11 is 1.89. The van der Waals surface area contributed by atoms with Crippen LogP contribution in [0.2, 0.25) is 0 Å². The summed E-state index contributed by atoms with van der Waals surface area (Å²) in [4.78, 5) is 2.35. The van der Waals surface area contributed by atoms with Crippen LogP contribution in [0.25, 0.3) is 108 Å². The van der Waals surface area contributed by atoms with Gasteiger partial charge in [-0.15, -0.1) is 11.3 Å². The summed E-state index contributed by atoms with van der Waals surface area (Å²) in [5, 5.41) is 13.1. The van der Waals surface area contributed by atoms with Gasteiger partial charge < -0.3 is 14.0 Å². The summed E-state index contributed by atoms with van der Waals surface area (Å²) in [6, 6.07) is 74.1. The van der Waals surface area contributed by atoms with Crippen molar-refractivity contribution < 1.29 is 0 Å². The van der Waals surface area contributed by atoms with Gasteiger partial charge in [-0.2, -0.15) is 0 Å². The largest absolute Gasteiger partial charge is 0.310 e. The lowest BCUT2D eigenvalue weighted by Gasteiger charge is -2.26. The molecule has 0 bridgehead atoms. The van der Waals surface area contributed by atoms with Gasteiger partial charge in [0.05, 0.1) is 22.1 Å². The maximum atomic E-state index is 2.52. The van der Waals surface area contributed by atoms with Crippen molar-refractivity contribution in [2.45, 2.75) is 0 Å². The van der Waals surface area contributed by atoms with Crippen molar-refractivity contribution in [3.05, 3.63) is 200 Å². The van der Waals surface area contributed by atoms with E-state index in [0.717, 1.165) is 22.7 Å². The van der Waals surface area contributed by atoms with Crippen LogP contribution in [0.5, 0.6) is 0 Å². The molecule has 278 valence electrons. The highest BCUT2D eigenvalue weighted by atomic mass is 32.1. The Hall–Kier alpha value is -7.66. The van der Waals surface area contributed by atoms with Gasteiger partial charge in [-0.25, -0.2) is 0 Å². The van der Waals surface area contributed by atoms with Crippen LogP contribution in [0.3, 0.4) is 0 Å². The zero-order valence-corrected chi connectivity index (χ0v) is 33.1. The molecule has 0 spiro atoms. The molecule has 0 N–H and O–H groups in total. The molecule has 4 heteroatoms. The van der Waals surface area contributed by atoms with E-state index in [1.54, 1.807) is 0 Å². The normalized spacial score (nSPS) is 12.3. The molecule has 0 atom stereocenters. The van der Waals surface area contributed by atoms with Crippen LogP contribution in [0, 0.1) is 0 Å². The third-order valence-electron chi connectivity index (χ3n) is 12.9. The van der Waals surface area contributed by atoms with Crippen LogP contribution in [-0.4, -0.2) is 9.13 Å². The summed E-state index contributed by atoms with van der Waals surface area (Å²) in [5.41, 5.74) is 13.1. The first-order valence-corrected chi connectivity index (χ1v) is 21.4. The number of benzene rings is 10. The van der Waals surface area contributed by atoms with E-state index >= 15 is 0 Å². The number of anilines is 3. The first-order chi connectivity index (χ1) is 29.8. The Bertz CT molecular complexity index is 3910. The topological polar surface area (TPSA) is 13.1 Å². The van der Waals surface area contributed by atoms with Crippen LogP contribution >= 0.6 is 11.3 Å². The summed E-state index contributed by atoms with van der Waals surface area (Å²) < 4.78 is 7.66. The lowest BCUT2D eigenvalue weighted by molar-refractivity contribution is 1.17. The molecule has 13 aromatic rings. The summed E-state index contributed by atoms with van der Waals surface area (Å²) in [5.74, 6) is 0. The van der Waals surface area contributed by atoms with E-state index in [-0.39, 0.29) is 0 Å². The Morgan fingerprint density at radius 1 is 0.317 bits per heavy atom. The second kappa shape index (κ2) is 12.0. The van der Waals surface area contributed by atoms with Crippen molar-refractivity contribution in [2.24, 2.45) is 0 Å². The maximum Gasteiger partial charge on any atom is 0.0548 e. The Kier molecular flexibility index (Phi) is 6.44. The summed E-state index contributed by atoms with van der Waals surface area (Å²) in [6.07, 6.45) is 0. The fraction of sp³-hybridized carbons (Fsp3) is 0. The predicted octanol–water partition coefficient (Wildman–Crippen LogP) is 16.0. The number of thiophene rings is 1. The minimum absolute atomic E-state index is 1.11. The molecule has 0 saturated carbocycles. The highest BCUT2D eigenvalue weighted by molar-refractivity contribution is 7.25. The number of rotatable bonds is 5. The number of hydrogen-bond acceptors (Lipinski definition) is 2. The monoisotopic (exact) mass is 779 g/mol. The Balaban J connectivity index is 1.05. The number of nitrogens with zero attached hydrogens (tertiary/aromatic N) is 3. The fourth-order valence-corrected chi connectivity index (χ4v) is 11.6. The third kappa shape index (κ3) is 4.32. The van der Waals surface area contributed by atoms with Gasteiger partial charge in [-0.1, -0.05) is 103 Å². The minimum Gasteiger partial charge on any atom is -0.310 e. The fourth-order valence-electron chi connectivity index (χ4n) is 10.5. The molecule has 14 rings (SSSR count). The van der Waals surface area contributed by atoms with E-state index in [1.165, 1.54) is 102 Å². The molecule has 0 saturated heterocycles. The quantitative estimate of drug-likeness (QED) is 0.170. The molecular weight excluding hydrogens is 747 g/mol. The first-order valence-electron chi connectivity index (χ1n) is 20.6. The van der Waals surface area contributed by atoms with Gasteiger partial charge in [0.15, 0.2) is 0 Å². The van der Waals surface area contributed by atoms with Crippen LogP contribution in [0.4, 0.5) is 17.1 Å². The van der Waals surface area contributed by atoms with E-state index in [2.05, 4.69) is 214 Å². The third-order valence-corrected chi connectivity index (χ3v) is 14.1. The van der Waals surface area contributed by atoms with Crippen molar-refractivity contribution in [3.63, 3.8) is 0 Å². The average Bonchev–Trinajstić information content (AvgIpc) is 3.93. The van der Waals surface area contributed by atoms with E-state index in [4.69, 9.17) is 0 Å². The van der Waals surface area contributed by atoms with E-state index in [9.17, 15) is 0 Å². The molecule has 10 aromatic carbocycles. The van der Waals surface area contributed by atoms with Crippen molar-refractivity contribution in [3.8, 4) is 22.5 Å². The highest BCUT2D eigenvalue weighted by Crippen LogP contribution is 2.52. The number of para-hydroxylation sites is 2. The summed E-state index contributed by atoms with van der Waals surface area (Å²) in [6.45, 7) is 0. The number of hydrogen-bond donors (Lipinski definition) is 0. The van der Waals surface area contributed by atoms with Gasteiger partial charge in [0, 0.05) is 75.5 Å². The molecule has 0 radical (unpaired) electrons. The van der Waals surface area contributed by atoms with E-state index in [0.29, 0.717) is 0 Å². The Morgan fingerprint density at radius 2 is 0.850 bits per heavy atom. The SMILES string of the molecule is c1ccc(N(c2ccccc2)c2cccc(-n3c4cccc5c4c4c6c(ccc43)ccc3c6c4c-5cccc4n3-c3ccc4sc5cc6ccccc6cc5c4c3)c2)cc1. The highest BCUT2D eigenvalue weighted by Gasteiger charge is 2.27. The van der Waals surface area contributed by atoms with Crippen molar-refractivity contribution in [1.29, 1.82) is 0 Å². The van der Waals surface area contributed by atoms with Gasteiger partial charge >= 0.3 is 0 Å². The van der Waals surface area contributed by atoms with Crippen molar-refractivity contribution >= 4 is 114 Å². The van der Waals surface area contributed by atoms with E-state index < -0.39 is 0 Å². The van der Waals surface area contributed by atoms with Gasteiger partial charge in [0.25, 0.3) is 0 Å². The van der Waals surface area contributed by atoms with Gasteiger partial charge in [-0.3, -0.25) is 0 Å². The van der Waals surface area contributed by atoms with Crippen LogP contribution < -0.4 is 4.90 Å². The first kappa shape index (κ1) is 32.3. The minimum atomic E-state index is 1.11. The van der Waals surface area contributed by atoms with Crippen LogP contribution in [-0.2, 0) is 0 Å². The van der Waals surface area contributed by atoms with Crippen LogP contribution in [0.1, 0.15) is 0 Å². The number of aromatic nitrogens is 2. The molecular formula is C56H33N3S. The molecule has 3 heterocycles. The van der Waals surface area contributed by atoms with Crippen molar-refractivity contribution in [2.75, 3.05) is 4.90 Å². The molecule has 60 heavy (non-hydrogen) atoms. The molecule has 0 unspecified atom stereocenters. The smallest absolute Gasteiger partial charge is 0.0548 e. The zero-order chi connectivity index (χ0) is 39.1. The Labute approximate surface area is 348 Å².